The Balaban J connectivity index is 2.06. The van der Waals surface area contributed by atoms with E-state index in [4.69, 9.17) is 0 Å². The molecule has 1 heteroatoms. The Morgan fingerprint density at radius 1 is 1.23 bits per heavy atom. The molecule has 0 spiro atoms. The average Bonchev–Trinajstić information content (AvgIpc) is 2.06. The monoisotopic (exact) mass is 183 g/mol. The van der Waals surface area contributed by atoms with Gasteiger partial charge in [-0.3, -0.25) is 0 Å². The molecule has 1 N–H and O–H groups in total. The minimum Gasteiger partial charge on any atom is -0.316 e. The third-order valence-corrected chi connectivity index (χ3v) is 3.18. The summed E-state index contributed by atoms with van der Waals surface area (Å²) in [4.78, 5) is 0. The molecular formula is C12H25N. The van der Waals surface area contributed by atoms with Crippen molar-refractivity contribution < 1.29 is 0 Å². The number of hydrogen-bond donors (Lipinski definition) is 1. The first-order chi connectivity index (χ1) is 6.24. The van der Waals surface area contributed by atoms with Gasteiger partial charge in [0.2, 0.25) is 0 Å². The van der Waals surface area contributed by atoms with E-state index in [0.717, 1.165) is 17.8 Å². The molecule has 78 valence electrons. The van der Waals surface area contributed by atoms with Crippen molar-refractivity contribution >= 4 is 0 Å². The van der Waals surface area contributed by atoms with Crippen LogP contribution in [0.5, 0.6) is 0 Å². The van der Waals surface area contributed by atoms with E-state index in [0.29, 0.717) is 0 Å². The smallest absolute Gasteiger partial charge is 0.00179 e. The molecule has 1 rings (SSSR count). The Labute approximate surface area is 83.3 Å². The van der Waals surface area contributed by atoms with Crippen LogP contribution in [0.3, 0.4) is 0 Å². The molecule has 0 amide bonds. The van der Waals surface area contributed by atoms with Crippen LogP contribution in [0.15, 0.2) is 0 Å². The van der Waals surface area contributed by atoms with Crippen molar-refractivity contribution in [3.63, 3.8) is 0 Å². The van der Waals surface area contributed by atoms with Crippen molar-refractivity contribution in [1.82, 2.24) is 5.32 Å². The van der Waals surface area contributed by atoms with E-state index in [1.807, 2.05) is 0 Å². The van der Waals surface area contributed by atoms with Gasteiger partial charge in [-0.2, -0.15) is 0 Å². The Bertz CT molecular complexity index is 131. The van der Waals surface area contributed by atoms with Crippen molar-refractivity contribution in [1.29, 1.82) is 0 Å². The summed E-state index contributed by atoms with van der Waals surface area (Å²) in [5.74, 6) is 2.91. The van der Waals surface area contributed by atoms with E-state index in [1.165, 1.54) is 38.8 Å². The Kier molecular flexibility index (Phi) is 4.79. The van der Waals surface area contributed by atoms with E-state index >= 15 is 0 Å². The fourth-order valence-electron chi connectivity index (χ4n) is 2.29. The lowest BCUT2D eigenvalue weighted by atomic mass is 9.70. The first kappa shape index (κ1) is 11.0. The highest BCUT2D eigenvalue weighted by atomic mass is 14.9. The van der Waals surface area contributed by atoms with Crippen LogP contribution in [0.2, 0.25) is 0 Å². The lowest BCUT2D eigenvalue weighted by molar-refractivity contribution is 0.144. The summed E-state index contributed by atoms with van der Waals surface area (Å²) in [6, 6.07) is 0. The number of hydrogen-bond acceptors (Lipinski definition) is 1. The van der Waals surface area contributed by atoms with Crippen molar-refractivity contribution in [2.45, 2.75) is 46.5 Å². The first-order valence-electron chi connectivity index (χ1n) is 5.94. The molecule has 0 aromatic carbocycles. The van der Waals surface area contributed by atoms with Crippen LogP contribution in [0.1, 0.15) is 46.5 Å². The molecule has 0 heterocycles. The fraction of sp³-hybridized carbons (Fsp3) is 1.00. The minimum atomic E-state index is 0.888. The lowest BCUT2D eigenvalue weighted by Crippen LogP contribution is -2.36. The predicted molar refractivity (Wildman–Crippen MR) is 58.8 cm³/mol. The Morgan fingerprint density at radius 3 is 2.38 bits per heavy atom. The van der Waals surface area contributed by atoms with Gasteiger partial charge in [-0.1, -0.05) is 20.8 Å². The summed E-state index contributed by atoms with van der Waals surface area (Å²) in [6.07, 6.45) is 5.66. The largest absolute Gasteiger partial charge is 0.316 e. The molecule has 0 saturated heterocycles. The topological polar surface area (TPSA) is 12.0 Å². The van der Waals surface area contributed by atoms with Crippen molar-refractivity contribution in [2.24, 2.45) is 17.8 Å². The molecule has 2 atom stereocenters. The molecule has 1 aliphatic rings. The fourth-order valence-corrected chi connectivity index (χ4v) is 2.29. The predicted octanol–water partition coefficient (Wildman–Crippen LogP) is 3.06. The molecule has 0 aromatic rings. The van der Waals surface area contributed by atoms with Gasteiger partial charge in [-0.15, -0.1) is 0 Å². The van der Waals surface area contributed by atoms with Crippen molar-refractivity contribution in [3.05, 3.63) is 0 Å². The Morgan fingerprint density at radius 2 is 1.92 bits per heavy atom. The molecule has 1 aliphatic carbocycles. The molecule has 0 bridgehead atoms. The second-order valence-electron chi connectivity index (χ2n) is 4.93. The van der Waals surface area contributed by atoms with Crippen LogP contribution >= 0.6 is 0 Å². The molecule has 1 nitrogen and oxygen atoms in total. The summed E-state index contributed by atoms with van der Waals surface area (Å²) in [5.41, 5.74) is 0. The van der Waals surface area contributed by atoms with Crippen LogP contribution in [-0.4, -0.2) is 13.1 Å². The molecule has 0 radical (unpaired) electrons. The SMILES string of the molecule is CCCNCC1CCC1CC(C)C. The van der Waals surface area contributed by atoms with Gasteiger partial charge in [0, 0.05) is 0 Å². The maximum Gasteiger partial charge on any atom is -0.00179 e. The molecular weight excluding hydrogens is 158 g/mol. The van der Waals surface area contributed by atoms with E-state index in [-0.39, 0.29) is 0 Å². The standard InChI is InChI=1S/C12H25N/c1-4-7-13-9-12-6-5-11(12)8-10(2)3/h10-13H,4-9H2,1-3H3. The van der Waals surface area contributed by atoms with Crippen LogP contribution < -0.4 is 5.32 Å². The normalized spacial score (nSPS) is 27.7. The van der Waals surface area contributed by atoms with Gasteiger partial charge in [0.15, 0.2) is 0 Å². The minimum absolute atomic E-state index is 0.888. The molecule has 1 saturated carbocycles. The van der Waals surface area contributed by atoms with E-state index in [2.05, 4.69) is 26.1 Å². The maximum atomic E-state index is 3.54. The summed E-state index contributed by atoms with van der Waals surface area (Å²) in [7, 11) is 0. The highest BCUT2D eigenvalue weighted by Crippen LogP contribution is 2.38. The molecule has 2 unspecified atom stereocenters. The quantitative estimate of drug-likeness (QED) is 0.624. The number of rotatable bonds is 6. The van der Waals surface area contributed by atoms with Gasteiger partial charge in [0.05, 0.1) is 0 Å². The molecule has 0 aromatic heterocycles. The Hall–Kier alpha value is -0.0400. The van der Waals surface area contributed by atoms with Gasteiger partial charge in [0.25, 0.3) is 0 Å². The summed E-state index contributed by atoms with van der Waals surface area (Å²) < 4.78 is 0. The molecule has 0 aliphatic heterocycles. The lowest BCUT2D eigenvalue weighted by Gasteiger charge is -2.38. The van der Waals surface area contributed by atoms with Crippen LogP contribution in [0, 0.1) is 17.8 Å². The van der Waals surface area contributed by atoms with Gasteiger partial charge in [-0.25, -0.2) is 0 Å². The van der Waals surface area contributed by atoms with Crippen LogP contribution in [0.25, 0.3) is 0 Å². The summed E-state index contributed by atoms with van der Waals surface area (Å²) in [5, 5.41) is 3.54. The van der Waals surface area contributed by atoms with Gasteiger partial charge in [0.1, 0.15) is 0 Å². The van der Waals surface area contributed by atoms with Gasteiger partial charge < -0.3 is 5.32 Å². The van der Waals surface area contributed by atoms with Crippen LogP contribution in [0.4, 0.5) is 0 Å². The zero-order valence-corrected chi connectivity index (χ0v) is 9.47. The summed E-state index contributed by atoms with van der Waals surface area (Å²) >= 11 is 0. The third-order valence-electron chi connectivity index (χ3n) is 3.18. The molecule has 1 fully saturated rings. The second kappa shape index (κ2) is 5.64. The van der Waals surface area contributed by atoms with Crippen molar-refractivity contribution in [2.75, 3.05) is 13.1 Å². The highest BCUT2D eigenvalue weighted by Gasteiger charge is 2.30. The first-order valence-corrected chi connectivity index (χ1v) is 5.94. The second-order valence-corrected chi connectivity index (χ2v) is 4.93. The zero-order chi connectivity index (χ0) is 9.68. The van der Waals surface area contributed by atoms with Gasteiger partial charge >= 0.3 is 0 Å². The van der Waals surface area contributed by atoms with E-state index in [1.54, 1.807) is 0 Å². The maximum absolute atomic E-state index is 3.54. The summed E-state index contributed by atoms with van der Waals surface area (Å²) in [6.45, 7) is 9.39. The third kappa shape index (κ3) is 3.68. The van der Waals surface area contributed by atoms with Crippen molar-refractivity contribution in [3.8, 4) is 0 Å². The van der Waals surface area contributed by atoms with Crippen LogP contribution in [-0.2, 0) is 0 Å². The highest BCUT2D eigenvalue weighted by molar-refractivity contribution is 4.82. The number of nitrogens with one attached hydrogen (secondary N) is 1. The van der Waals surface area contributed by atoms with E-state index < -0.39 is 0 Å². The van der Waals surface area contributed by atoms with Gasteiger partial charge in [-0.05, 0) is 56.5 Å². The van der Waals surface area contributed by atoms with E-state index in [9.17, 15) is 0 Å². The average molecular weight is 183 g/mol. The zero-order valence-electron chi connectivity index (χ0n) is 9.47. The molecule has 13 heavy (non-hydrogen) atoms.